The van der Waals surface area contributed by atoms with E-state index < -0.39 is 0 Å². The van der Waals surface area contributed by atoms with Crippen LogP contribution in [0.2, 0.25) is 5.02 Å². The summed E-state index contributed by atoms with van der Waals surface area (Å²) >= 11 is 5.98. The van der Waals surface area contributed by atoms with E-state index in [0.29, 0.717) is 36.9 Å². The zero-order chi connectivity index (χ0) is 17.1. The van der Waals surface area contributed by atoms with E-state index in [4.69, 9.17) is 16.1 Å². The zero-order valence-electron chi connectivity index (χ0n) is 13.4. The van der Waals surface area contributed by atoms with Crippen molar-refractivity contribution in [2.45, 2.75) is 13.3 Å². The van der Waals surface area contributed by atoms with Gasteiger partial charge in [0.1, 0.15) is 5.69 Å². The minimum atomic E-state index is -0.207. The van der Waals surface area contributed by atoms with E-state index in [0.717, 1.165) is 12.0 Å². The van der Waals surface area contributed by atoms with Crippen LogP contribution < -0.4 is 0 Å². The normalized spacial score (nSPS) is 15.2. The van der Waals surface area contributed by atoms with Crippen LogP contribution in [0.3, 0.4) is 0 Å². The minimum Gasteiger partial charge on any atom is -0.350 e. The van der Waals surface area contributed by atoms with Crippen molar-refractivity contribution in [2.75, 3.05) is 26.2 Å². The van der Waals surface area contributed by atoms with Crippen molar-refractivity contribution in [1.29, 1.82) is 0 Å². The molecule has 126 valence electrons. The Morgan fingerprint density at radius 3 is 2.62 bits per heavy atom. The fourth-order valence-electron chi connectivity index (χ4n) is 2.75. The van der Waals surface area contributed by atoms with Crippen molar-refractivity contribution in [2.24, 2.45) is 0 Å². The van der Waals surface area contributed by atoms with E-state index in [-0.39, 0.29) is 17.6 Å². The topological polar surface area (TPSA) is 66.7 Å². The summed E-state index contributed by atoms with van der Waals surface area (Å²) in [6.45, 7) is 3.84. The Balaban J connectivity index is 1.73. The van der Waals surface area contributed by atoms with E-state index >= 15 is 0 Å². The summed E-state index contributed by atoms with van der Waals surface area (Å²) in [7, 11) is 0. The van der Waals surface area contributed by atoms with Crippen LogP contribution in [0, 0.1) is 0 Å². The molecule has 24 heavy (non-hydrogen) atoms. The Labute approximate surface area is 145 Å². The maximum absolute atomic E-state index is 12.6. The molecule has 1 fully saturated rings. The first kappa shape index (κ1) is 16.5. The molecule has 1 aliphatic rings. The van der Waals surface area contributed by atoms with Gasteiger partial charge in [0.15, 0.2) is 0 Å². The van der Waals surface area contributed by atoms with Gasteiger partial charge in [0.05, 0.1) is 0 Å². The standard InChI is InChI=1S/C17H18ClN3O3/c1-12(22)20-6-3-7-21(9-8-20)17(23)16-11-15(19-24-16)13-4-2-5-14(18)10-13/h2,4-5,10-11H,3,6-9H2,1H3. The van der Waals surface area contributed by atoms with Crippen molar-refractivity contribution < 1.29 is 14.1 Å². The SMILES string of the molecule is CC(=O)N1CCCN(C(=O)c2cc(-c3cccc(Cl)c3)no2)CC1. The number of amides is 2. The predicted molar refractivity (Wildman–Crippen MR) is 89.7 cm³/mol. The van der Waals surface area contributed by atoms with Crippen LogP contribution in [0.4, 0.5) is 0 Å². The maximum Gasteiger partial charge on any atom is 0.292 e. The third-order valence-electron chi connectivity index (χ3n) is 4.07. The first-order valence-electron chi connectivity index (χ1n) is 7.82. The summed E-state index contributed by atoms with van der Waals surface area (Å²) in [4.78, 5) is 27.5. The molecule has 0 N–H and O–H groups in total. The van der Waals surface area contributed by atoms with Crippen molar-refractivity contribution in [1.82, 2.24) is 15.0 Å². The van der Waals surface area contributed by atoms with E-state index in [1.54, 1.807) is 34.9 Å². The van der Waals surface area contributed by atoms with Crippen LogP contribution in [-0.2, 0) is 4.79 Å². The molecule has 1 aromatic carbocycles. The Morgan fingerprint density at radius 1 is 1.12 bits per heavy atom. The van der Waals surface area contributed by atoms with E-state index in [1.165, 1.54) is 0 Å². The lowest BCUT2D eigenvalue weighted by Crippen LogP contribution is -2.36. The minimum absolute atomic E-state index is 0.0345. The smallest absolute Gasteiger partial charge is 0.292 e. The van der Waals surface area contributed by atoms with E-state index in [2.05, 4.69) is 5.16 Å². The Hall–Kier alpha value is -2.34. The number of carbonyl (C=O) groups excluding carboxylic acids is 2. The molecule has 0 bridgehead atoms. The van der Waals surface area contributed by atoms with Gasteiger partial charge in [0.25, 0.3) is 5.91 Å². The average molecular weight is 348 g/mol. The fraction of sp³-hybridized carbons (Fsp3) is 0.353. The molecule has 0 radical (unpaired) electrons. The number of rotatable bonds is 2. The first-order valence-corrected chi connectivity index (χ1v) is 8.20. The molecule has 0 saturated carbocycles. The summed E-state index contributed by atoms with van der Waals surface area (Å²) in [5.41, 5.74) is 1.37. The largest absolute Gasteiger partial charge is 0.350 e. The van der Waals surface area contributed by atoms with Gasteiger partial charge in [0, 0.05) is 49.8 Å². The van der Waals surface area contributed by atoms with Crippen molar-refractivity contribution >= 4 is 23.4 Å². The van der Waals surface area contributed by atoms with Gasteiger partial charge in [-0.25, -0.2) is 0 Å². The third kappa shape index (κ3) is 3.59. The van der Waals surface area contributed by atoms with Crippen LogP contribution in [0.15, 0.2) is 34.9 Å². The number of aromatic nitrogens is 1. The van der Waals surface area contributed by atoms with Crippen molar-refractivity contribution in [3.63, 3.8) is 0 Å². The highest BCUT2D eigenvalue weighted by molar-refractivity contribution is 6.30. The quantitative estimate of drug-likeness (QED) is 0.837. The molecule has 0 atom stereocenters. The highest BCUT2D eigenvalue weighted by Crippen LogP contribution is 2.23. The average Bonchev–Trinajstić information content (AvgIpc) is 2.92. The fourth-order valence-corrected chi connectivity index (χ4v) is 2.94. The molecule has 1 aromatic heterocycles. The molecule has 0 spiro atoms. The Morgan fingerprint density at radius 2 is 1.88 bits per heavy atom. The molecule has 0 aliphatic carbocycles. The Kier molecular flexibility index (Phi) is 4.85. The summed E-state index contributed by atoms with van der Waals surface area (Å²) in [6.07, 6.45) is 0.751. The van der Waals surface area contributed by atoms with Crippen molar-refractivity contribution in [3.8, 4) is 11.3 Å². The predicted octanol–water partition coefficient (Wildman–Crippen LogP) is 2.69. The molecule has 2 aromatic rings. The summed E-state index contributed by atoms with van der Waals surface area (Å²) in [6, 6.07) is 8.84. The van der Waals surface area contributed by atoms with E-state index in [9.17, 15) is 9.59 Å². The van der Waals surface area contributed by atoms with Crippen molar-refractivity contribution in [3.05, 3.63) is 41.1 Å². The van der Waals surface area contributed by atoms with E-state index in [1.807, 2.05) is 12.1 Å². The molecule has 7 heteroatoms. The maximum atomic E-state index is 12.6. The summed E-state index contributed by atoms with van der Waals surface area (Å²) in [5.74, 6) is 0.0228. The lowest BCUT2D eigenvalue weighted by atomic mass is 10.1. The number of hydrogen-bond donors (Lipinski definition) is 0. The number of halogens is 1. The van der Waals surface area contributed by atoms with Gasteiger partial charge in [-0.2, -0.15) is 0 Å². The number of nitrogens with zero attached hydrogens (tertiary/aromatic N) is 3. The van der Waals surface area contributed by atoms with Gasteiger partial charge in [-0.1, -0.05) is 28.9 Å². The highest BCUT2D eigenvalue weighted by atomic mass is 35.5. The molecular formula is C17H18ClN3O3. The second kappa shape index (κ2) is 7.05. The monoisotopic (exact) mass is 347 g/mol. The molecule has 6 nitrogen and oxygen atoms in total. The van der Waals surface area contributed by atoms with Gasteiger partial charge in [-0.3, -0.25) is 9.59 Å². The van der Waals surface area contributed by atoms with Gasteiger partial charge < -0.3 is 14.3 Å². The molecule has 1 saturated heterocycles. The molecule has 1 aliphatic heterocycles. The van der Waals surface area contributed by atoms with Gasteiger partial charge in [-0.05, 0) is 18.6 Å². The zero-order valence-corrected chi connectivity index (χ0v) is 14.1. The van der Waals surface area contributed by atoms with Gasteiger partial charge >= 0.3 is 0 Å². The second-order valence-corrected chi connectivity index (χ2v) is 6.18. The molecule has 2 amide bonds. The summed E-state index contributed by atoms with van der Waals surface area (Å²) in [5, 5.41) is 4.56. The molecular weight excluding hydrogens is 330 g/mol. The van der Waals surface area contributed by atoms with Crippen LogP contribution in [0.25, 0.3) is 11.3 Å². The van der Waals surface area contributed by atoms with Crippen LogP contribution in [0.1, 0.15) is 23.9 Å². The first-order chi connectivity index (χ1) is 11.5. The van der Waals surface area contributed by atoms with Crippen LogP contribution in [0.5, 0.6) is 0 Å². The number of hydrogen-bond acceptors (Lipinski definition) is 4. The number of benzene rings is 1. The number of carbonyl (C=O) groups is 2. The second-order valence-electron chi connectivity index (χ2n) is 5.74. The lowest BCUT2D eigenvalue weighted by molar-refractivity contribution is -0.128. The molecule has 0 unspecified atom stereocenters. The highest BCUT2D eigenvalue weighted by Gasteiger charge is 2.24. The van der Waals surface area contributed by atoms with Crippen LogP contribution >= 0.6 is 11.6 Å². The van der Waals surface area contributed by atoms with Gasteiger partial charge in [-0.15, -0.1) is 0 Å². The third-order valence-corrected chi connectivity index (χ3v) is 4.30. The van der Waals surface area contributed by atoms with Gasteiger partial charge in [0.2, 0.25) is 11.7 Å². The van der Waals surface area contributed by atoms with Crippen LogP contribution in [-0.4, -0.2) is 52.9 Å². The Bertz CT molecular complexity index is 759. The summed E-state index contributed by atoms with van der Waals surface area (Å²) < 4.78 is 5.22. The molecule has 2 heterocycles. The lowest BCUT2D eigenvalue weighted by Gasteiger charge is -2.20. The molecule has 3 rings (SSSR count).